The second-order valence-corrected chi connectivity index (χ2v) is 7.32. The minimum Gasteiger partial charge on any atom is -0.396 e. The Morgan fingerprint density at radius 2 is 1.74 bits per heavy atom. The normalized spacial score (nSPS) is 12.8. The SMILES string of the molecule is Cc1cc(C(C)(C)C)ccc1CNCC(C)(C)CO. The number of aryl methyl sites for hydroxylation is 1. The van der Waals surface area contributed by atoms with Crippen LogP contribution in [0.4, 0.5) is 0 Å². The van der Waals surface area contributed by atoms with Gasteiger partial charge in [0.1, 0.15) is 0 Å². The first-order chi connectivity index (χ1) is 8.65. The van der Waals surface area contributed by atoms with E-state index in [-0.39, 0.29) is 17.4 Å². The van der Waals surface area contributed by atoms with Gasteiger partial charge < -0.3 is 10.4 Å². The van der Waals surface area contributed by atoms with Gasteiger partial charge in [-0.1, -0.05) is 52.8 Å². The number of aliphatic hydroxyl groups is 1. The first-order valence-electron chi connectivity index (χ1n) is 7.07. The molecule has 0 atom stereocenters. The van der Waals surface area contributed by atoms with Gasteiger partial charge in [-0.05, 0) is 29.0 Å². The van der Waals surface area contributed by atoms with E-state index >= 15 is 0 Å². The fourth-order valence-electron chi connectivity index (χ4n) is 1.95. The lowest BCUT2D eigenvalue weighted by Gasteiger charge is -2.23. The van der Waals surface area contributed by atoms with Crippen molar-refractivity contribution < 1.29 is 5.11 Å². The topological polar surface area (TPSA) is 32.3 Å². The second kappa shape index (κ2) is 6.06. The number of rotatable bonds is 5. The molecule has 0 bridgehead atoms. The molecular formula is C17H29NO. The van der Waals surface area contributed by atoms with E-state index in [0.717, 1.165) is 13.1 Å². The molecule has 2 N–H and O–H groups in total. The predicted octanol–water partition coefficient (Wildman–Crippen LogP) is 3.40. The summed E-state index contributed by atoms with van der Waals surface area (Å²) in [4.78, 5) is 0. The molecule has 1 aromatic rings. The summed E-state index contributed by atoms with van der Waals surface area (Å²) in [7, 11) is 0. The van der Waals surface area contributed by atoms with E-state index in [9.17, 15) is 5.11 Å². The first-order valence-corrected chi connectivity index (χ1v) is 7.07. The van der Waals surface area contributed by atoms with E-state index in [1.807, 2.05) is 0 Å². The third kappa shape index (κ3) is 4.96. The third-order valence-corrected chi connectivity index (χ3v) is 3.56. The summed E-state index contributed by atoms with van der Waals surface area (Å²) in [5, 5.41) is 12.7. The van der Waals surface area contributed by atoms with Gasteiger partial charge in [0.2, 0.25) is 0 Å². The summed E-state index contributed by atoms with van der Waals surface area (Å²) < 4.78 is 0. The summed E-state index contributed by atoms with van der Waals surface area (Å²) in [6.07, 6.45) is 0. The second-order valence-electron chi connectivity index (χ2n) is 7.32. The maximum Gasteiger partial charge on any atom is 0.0494 e. The van der Waals surface area contributed by atoms with Crippen LogP contribution in [0.15, 0.2) is 18.2 Å². The van der Waals surface area contributed by atoms with Crippen LogP contribution >= 0.6 is 0 Å². The maximum absolute atomic E-state index is 9.23. The zero-order valence-corrected chi connectivity index (χ0v) is 13.3. The molecule has 0 radical (unpaired) electrons. The molecule has 1 aromatic carbocycles. The van der Waals surface area contributed by atoms with E-state index in [4.69, 9.17) is 0 Å². The molecule has 0 aromatic heterocycles. The largest absolute Gasteiger partial charge is 0.396 e. The van der Waals surface area contributed by atoms with Crippen molar-refractivity contribution in [1.82, 2.24) is 5.32 Å². The van der Waals surface area contributed by atoms with Gasteiger partial charge in [0, 0.05) is 25.1 Å². The Bertz CT molecular complexity index is 416. The summed E-state index contributed by atoms with van der Waals surface area (Å²) in [6, 6.07) is 6.73. The van der Waals surface area contributed by atoms with Crippen LogP contribution in [0.2, 0.25) is 0 Å². The Hall–Kier alpha value is -0.860. The van der Waals surface area contributed by atoms with Gasteiger partial charge in [-0.3, -0.25) is 0 Å². The quantitative estimate of drug-likeness (QED) is 0.853. The van der Waals surface area contributed by atoms with Crippen molar-refractivity contribution in [3.05, 3.63) is 34.9 Å². The molecular weight excluding hydrogens is 234 g/mol. The Morgan fingerprint density at radius 1 is 1.11 bits per heavy atom. The number of hydrogen-bond acceptors (Lipinski definition) is 2. The molecule has 1 rings (SSSR count). The van der Waals surface area contributed by atoms with Crippen molar-refractivity contribution in [2.45, 2.75) is 53.5 Å². The Kier molecular flexibility index (Phi) is 5.17. The molecule has 0 saturated heterocycles. The zero-order chi connectivity index (χ0) is 14.7. The van der Waals surface area contributed by atoms with E-state index in [0.29, 0.717) is 0 Å². The number of benzene rings is 1. The lowest BCUT2D eigenvalue weighted by atomic mass is 9.85. The highest BCUT2D eigenvalue weighted by atomic mass is 16.3. The van der Waals surface area contributed by atoms with E-state index in [2.05, 4.69) is 65.1 Å². The number of nitrogens with one attached hydrogen (secondary N) is 1. The van der Waals surface area contributed by atoms with Crippen LogP contribution in [0.3, 0.4) is 0 Å². The first kappa shape index (κ1) is 16.2. The molecule has 0 saturated carbocycles. The zero-order valence-electron chi connectivity index (χ0n) is 13.3. The minimum atomic E-state index is -0.0563. The fourth-order valence-corrected chi connectivity index (χ4v) is 1.95. The molecule has 0 aliphatic carbocycles. The maximum atomic E-state index is 9.23. The Morgan fingerprint density at radius 3 is 2.21 bits per heavy atom. The fraction of sp³-hybridized carbons (Fsp3) is 0.647. The van der Waals surface area contributed by atoms with E-state index in [1.165, 1.54) is 16.7 Å². The van der Waals surface area contributed by atoms with Crippen LogP contribution in [0, 0.1) is 12.3 Å². The van der Waals surface area contributed by atoms with Crippen molar-refractivity contribution in [1.29, 1.82) is 0 Å². The average Bonchev–Trinajstić information content (AvgIpc) is 2.30. The molecule has 0 unspecified atom stereocenters. The highest BCUT2D eigenvalue weighted by Crippen LogP contribution is 2.24. The van der Waals surface area contributed by atoms with Crippen molar-refractivity contribution in [3.8, 4) is 0 Å². The minimum absolute atomic E-state index is 0.0563. The molecule has 0 amide bonds. The smallest absolute Gasteiger partial charge is 0.0494 e. The van der Waals surface area contributed by atoms with Crippen LogP contribution in [0.1, 0.15) is 51.3 Å². The van der Waals surface area contributed by atoms with Crippen molar-refractivity contribution in [2.24, 2.45) is 5.41 Å². The van der Waals surface area contributed by atoms with Crippen molar-refractivity contribution in [2.75, 3.05) is 13.2 Å². The monoisotopic (exact) mass is 263 g/mol. The molecule has 2 nitrogen and oxygen atoms in total. The van der Waals surface area contributed by atoms with Crippen molar-refractivity contribution in [3.63, 3.8) is 0 Å². The summed E-state index contributed by atoms with van der Waals surface area (Å²) >= 11 is 0. The van der Waals surface area contributed by atoms with Gasteiger partial charge in [-0.25, -0.2) is 0 Å². The molecule has 0 fully saturated rings. The van der Waals surface area contributed by atoms with Crippen LogP contribution in [0.5, 0.6) is 0 Å². The highest BCUT2D eigenvalue weighted by Gasteiger charge is 2.16. The molecule has 0 aliphatic heterocycles. The van der Waals surface area contributed by atoms with Gasteiger partial charge in [-0.15, -0.1) is 0 Å². The molecule has 0 aliphatic rings. The molecule has 0 spiro atoms. The molecule has 0 heterocycles. The van der Waals surface area contributed by atoms with Gasteiger partial charge >= 0.3 is 0 Å². The molecule has 2 heteroatoms. The summed E-state index contributed by atoms with van der Waals surface area (Å²) in [5.41, 5.74) is 4.20. The Balaban J connectivity index is 2.66. The van der Waals surface area contributed by atoms with Gasteiger partial charge in [-0.2, -0.15) is 0 Å². The predicted molar refractivity (Wildman–Crippen MR) is 82.5 cm³/mol. The molecule has 108 valence electrons. The standard InChI is InChI=1S/C17H29NO/c1-13-9-15(16(2,3)4)8-7-14(13)10-18-11-17(5,6)12-19/h7-9,18-19H,10-12H2,1-6H3. The summed E-state index contributed by atoms with van der Waals surface area (Å²) in [6.45, 7) is 14.9. The van der Waals surface area contributed by atoms with Gasteiger partial charge in [0.15, 0.2) is 0 Å². The van der Waals surface area contributed by atoms with E-state index < -0.39 is 0 Å². The van der Waals surface area contributed by atoms with Crippen LogP contribution < -0.4 is 5.32 Å². The molecule has 19 heavy (non-hydrogen) atoms. The van der Waals surface area contributed by atoms with E-state index in [1.54, 1.807) is 0 Å². The Labute approximate surface area is 118 Å². The van der Waals surface area contributed by atoms with Gasteiger partial charge in [0.05, 0.1) is 0 Å². The van der Waals surface area contributed by atoms with Crippen LogP contribution in [-0.4, -0.2) is 18.3 Å². The number of hydrogen-bond donors (Lipinski definition) is 2. The van der Waals surface area contributed by atoms with Crippen molar-refractivity contribution >= 4 is 0 Å². The lowest BCUT2D eigenvalue weighted by Crippen LogP contribution is -2.32. The van der Waals surface area contributed by atoms with Gasteiger partial charge in [0.25, 0.3) is 0 Å². The average molecular weight is 263 g/mol. The summed E-state index contributed by atoms with van der Waals surface area (Å²) in [5.74, 6) is 0. The van der Waals surface area contributed by atoms with Crippen LogP contribution in [0.25, 0.3) is 0 Å². The number of aliphatic hydroxyl groups excluding tert-OH is 1. The highest BCUT2D eigenvalue weighted by molar-refractivity contribution is 5.34. The van der Waals surface area contributed by atoms with Crippen LogP contribution in [-0.2, 0) is 12.0 Å². The third-order valence-electron chi connectivity index (χ3n) is 3.56. The lowest BCUT2D eigenvalue weighted by molar-refractivity contribution is 0.156.